The number of hydrogen-bond acceptors (Lipinski definition) is 6. The van der Waals surface area contributed by atoms with Crippen LogP contribution in [0, 0.1) is 0 Å². The maximum Gasteiger partial charge on any atom is 0.469 e. The van der Waals surface area contributed by atoms with Crippen molar-refractivity contribution in [3.05, 3.63) is 0 Å². The minimum atomic E-state index is -4.73. The second-order valence-electron chi connectivity index (χ2n) is 11.2. The number of phosphoric ester groups is 1. The molecule has 8 nitrogen and oxygen atoms in total. The lowest BCUT2D eigenvalue weighted by atomic mass is 10.0. The smallest absolute Gasteiger partial charge is 0.462 e. The van der Waals surface area contributed by atoms with Crippen molar-refractivity contribution in [2.45, 2.75) is 174 Å². The molecule has 0 aliphatic rings. The molecule has 9 heteroatoms. The number of carbonyl (C=O) groups is 2. The Kier molecular flexibility index (Phi) is 27.5. The molecule has 0 radical (unpaired) electrons. The average molecular weight is 593 g/mol. The van der Waals surface area contributed by atoms with E-state index in [1.807, 2.05) is 0 Å². The van der Waals surface area contributed by atoms with Gasteiger partial charge in [-0.1, -0.05) is 142 Å². The first-order chi connectivity index (χ1) is 19.3. The van der Waals surface area contributed by atoms with Gasteiger partial charge in [0.25, 0.3) is 0 Å². The number of unbranched alkanes of at least 4 members (excludes halogenated alkanes) is 20. The van der Waals surface area contributed by atoms with Crippen molar-refractivity contribution in [3.63, 3.8) is 0 Å². The highest BCUT2D eigenvalue weighted by Crippen LogP contribution is 2.35. The van der Waals surface area contributed by atoms with E-state index in [4.69, 9.17) is 19.3 Å². The molecule has 0 aromatic rings. The molecule has 1 atom stereocenters. The highest BCUT2D eigenvalue weighted by atomic mass is 31.2. The number of carbonyl (C=O) groups excluding carboxylic acids is 2. The average Bonchev–Trinajstić information content (AvgIpc) is 2.91. The molecule has 0 aromatic carbocycles. The molecule has 0 unspecified atom stereocenters. The molecule has 2 N–H and O–H groups in total. The molecule has 40 heavy (non-hydrogen) atoms. The van der Waals surface area contributed by atoms with Crippen LogP contribution in [-0.2, 0) is 28.2 Å². The van der Waals surface area contributed by atoms with E-state index < -0.39 is 32.5 Å². The molecule has 0 saturated heterocycles. The second-order valence-corrected chi connectivity index (χ2v) is 12.4. The van der Waals surface area contributed by atoms with Crippen LogP contribution in [-0.4, -0.2) is 41.0 Å². The predicted molar refractivity (Wildman–Crippen MR) is 161 cm³/mol. The topological polar surface area (TPSA) is 119 Å². The van der Waals surface area contributed by atoms with Crippen LogP contribution in [0.2, 0.25) is 0 Å². The van der Waals surface area contributed by atoms with Gasteiger partial charge in [-0.05, 0) is 12.8 Å². The quantitative estimate of drug-likeness (QED) is 0.0482. The maximum atomic E-state index is 12.2. The number of rotatable bonds is 30. The zero-order valence-electron chi connectivity index (χ0n) is 25.8. The fraction of sp³-hybridized carbons (Fsp3) is 0.935. The number of esters is 2. The molecule has 0 fully saturated rings. The third-order valence-electron chi connectivity index (χ3n) is 7.13. The third kappa shape index (κ3) is 30.0. The summed E-state index contributed by atoms with van der Waals surface area (Å²) in [6.07, 6.45) is 25.6. The zero-order chi connectivity index (χ0) is 29.7. The van der Waals surface area contributed by atoms with Crippen molar-refractivity contribution in [2.24, 2.45) is 0 Å². The Bertz CT molecular complexity index is 637. The van der Waals surface area contributed by atoms with Crippen molar-refractivity contribution < 1.29 is 37.9 Å². The Morgan fingerprint density at radius 2 is 0.900 bits per heavy atom. The molecular formula is C31H61O8P. The third-order valence-corrected chi connectivity index (χ3v) is 7.61. The molecule has 0 rings (SSSR count). The molecular weight excluding hydrogens is 531 g/mol. The van der Waals surface area contributed by atoms with Gasteiger partial charge < -0.3 is 19.3 Å². The lowest BCUT2D eigenvalue weighted by Gasteiger charge is -2.18. The van der Waals surface area contributed by atoms with Crippen molar-refractivity contribution in [3.8, 4) is 0 Å². The van der Waals surface area contributed by atoms with Gasteiger partial charge in [0.15, 0.2) is 6.10 Å². The van der Waals surface area contributed by atoms with E-state index in [9.17, 15) is 14.2 Å². The lowest BCUT2D eigenvalue weighted by Crippen LogP contribution is -2.29. The van der Waals surface area contributed by atoms with Crippen LogP contribution in [0.3, 0.4) is 0 Å². The van der Waals surface area contributed by atoms with Gasteiger partial charge in [0.2, 0.25) is 0 Å². The van der Waals surface area contributed by atoms with E-state index in [1.165, 1.54) is 96.3 Å². The minimum Gasteiger partial charge on any atom is -0.462 e. The van der Waals surface area contributed by atoms with Gasteiger partial charge in [0, 0.05) is 12.8 Å². The summed E-state index contributed by atoms with van der Waals surface area (Å²) in [5.74, 6) is -0.884. The van der Waals surface area contributed by atoms with E-state index in [1.54, 1.807) is 0 Å². The number of phosphoric acid groups is 1. The normalized spacial score (nSPS) is 12.4. The summed E-state index contributed by atoms with van der Waals surface area (Å²) in [6, 6.07) is 0. The standard InChI is InChI=1S/C31H61O8P/c1-3-5-7-9-11-12-13-14-15-16-17-18-20-21-23-25-30(32)37-27-29(28-38-40(34,35)36)39-31(33)26-24-22-19-10-8-6-4-2/h29H,3-28H2,1-2H3,(H2,34,35,36)/t29-/m0/s1. The molecule has 238 valence electrons. The maximum absolute atomic E-state index is 12.2. The van der Waals surface area contributed by atoms with Crippen molar-refractivity contribution in [1.82, 2.24) is 0 Å². The van der Waals surface area contributed by atoms with E-state index in [0.717, 1.165) is 38.5 Å². The summed E-state index contributed by atoms with van der Waals surface area (Å²) < 4.78 is 26.1. The Morgan fingerprint density at radius 3 is 1.27 bits per heavy atom. The largest absolute Gasteiger partial charge is 0.469 e. The van der Waals surface area contributed by atoms with Crippen LogP contribution in [0.4, 0.5) is 0 Å². The second kappa shape index (κ2) is 28.2. The monoisotopic (exact) mass is 592 g/mol. The Labute approximate surface area is 244 Å². The molecule has 0 aromatic heterocycles. The highest BCUT2D eigenvalue weighted by molar-refractivity contribution is 7.46. The van der Waals surface area contributed by atoms with Gasteiger partial charge in [-0.15, -0.1) is 0 Å². The molecule has 0 heterocycles. The first-order valence-electron chi connectivity index (χ1n) is 16.3. The fourth-order valence-corrected chi connectivity index (χ4v) is 5.03. The van der Waals surface area contributed by atoms with E-state index in [0.29, 0.717) is 6.42 Å². The van der Waals surface area contributed by atoms with E-state index in [-0.39, 0.29) is 19.4 Å². The Balaban J connectivity index is 3.91. The van der Waals surface area contributed by atoms with Crippen LogP contribution in [0.25, 0.3) is 0 Å². The van der Waals surface area contributed by atoms with Gasteiger partial charge in [0.05, 0.1) is 6.61 Å². The summed E-state index contributed by atoms with van der Waals surface area (Å²) in [5, 5.41) is 0. The highest BCUT2D eigenvalue weighted by Gasteiger charge is 2.22. The van der Waals surface area contributed by atoms with Gasteiger partial charge >= 0.3 is 19.8 Å². The Morgan fingerprint density at radius 1 is 0.550 bits per heavy atom. The first kappa shape index (κ1) is 39.0. The van der Waals surface area contributed by atoms with Crippen LogP contribution >= 0.6 is 7.82 Å². The van der Waals surface area contributed by atoms with Gasteiger partial charge in [-0.3, -0.25) is 14.1 Å². The van der Waals surface area contributed by atoms with Crippen molar-refractivity contribution in [1.29, 1.82) is 0 Å². The van der Waals surface area contributed by atoms with Gasteiger partial charge in [-0.25, -0.2) is 4.57 Å². The van der Waals surface area contributed by atoms with Gasteiger partial charge in [0.1, 0.15) is 6.61 Å². The van der Waals surface area contributed by atoms with Crippen LogP contribution in [0.5, 0.6) is 0 Å². The summed E-state index contributed by atoms with van der Waals surface area (Å²) in [6.45, 7) is 3.62. The van der Waals surface area contributed by atoms with Crippen molar-refractivity contribution in [2.75, 3.05) is 13.2 Å². The Hall–Kier alpha value is -0.950. The van der Waals surface area contributed by atoms with E-state index >= 15 is 0 Å². The lowest BCUT2D eigenvalue weighted by molar-refractivity contribution is -0.161. The summed E-state index contributed by atoms with van der Waals surface area (Å²) in [7, 11) is -4.73. The fourth-order valence-electron chi connectivity index (χ4n) is 4.67. The number of hydrogen-bond donors (Lipinski definition) is 2. The van der Waals surface area contributed by atoms with Crippen molar-refractivity contribution >= 4 is 19.8 Å². The summed E-state index contributed by atoms with van der Waals surface area (Å²) in [4.78, 5) is 42.3. The van der Waals surface area contributed by atoms with E-state index in [2.05, 4.69) is 18.4 Å². The number of ether oxygens (including phenoxy) is 2. The molecule has 0 aliphatic carbocycles. The van der Waals surface area contributed by atoms with Gasteiger partial charge in [-0.2, -0.15) is 0 Å². The van der Waals surface area contributed by atoms with Crippen LogP contribution in [0.15, 0.2) is 0 Å². The zero-order valence-corrected chi connectivity index (χ0v) is 26.6. The SMILES string of the molecule is CCCCCCCCCCCCCCCCCC(=O)OC[C@@H](COP(=O)(O)O)OC(=O)CCCCCCCCC. The minimum absolute atomic E-state index is 0.216. The molecule has 0 spiro atoms. The molecule has 0 bridgehead atoms. The first-order valence-corrected chi connectivity index (χ1v) is 17.9. The molecule has 0 amide bonds. The summed E-state index contributed by atoms with van der Waals surface area (Å²) in [5.41, 5.74) is 0. The molecule has 0 saturated carbocycles. The van der Waals surface area contributed by atoms with Crippen LogP contribution < -0.4 is 0 Å². The van der Waals surface area contributed by atoms with Crippen LogP contribution in [0.1, 0.15) is 168 Å². The summed E-state index contributed by atoms with van der Waals surface area (Å²) >= 11 is 0. The molecule has 0 aliphatic heterocycles. The predicted octanol–water partition coefficient (Wildman–Crippen LogP) is 8.95.